The van der Waals surface area contributed by atoms with Crippen molar-refractivity contribution >= 4 is 16.0 Å². The molecule has 3 aromatic rings. The van der Waals surface area contributed by atoms with E-state index in [4.69, 9.17) is 4.74 Å². The van der Waals surface area contributed by atoms with E-state index in [0.717, 1.165) is 22.4 Å². The monoisotopic (exact) mass is 512 g/mol. The summed E-state index contributed by atoms with van der Waals surface area (Å²) in [6, 6.07) is 18.8. The molecule has 1 heterocycles. The molecule has 1 fully saturated rings. The van der Waals surface area contributed by atoms with Crippen LogP contribution in [-0.2, 0) is 21.4 Å². The summed E-state index contributed by atoms with van der Waals surface area (Å²) in [5.74, 6) is -1.08. The van der Waals surface area contributed by atoms with Gasteiger partial charge in [0.25, 0.3) is 0 Å². The number of piperidine rings is 1. The van der Waals surface area contributed by atoms with Crippen molar-refractivity contribution in [3.63, 3.8) is 0 Å². The highest BCUT2D eigenvalue weighted by atomic mass is 32.2. The van der Waals surface area contributed by atoms with Gasteiger partial charge >= 0.3 is 5.97 Å². The minimum atomic E-state index is -4.03. The predicted octanol–water partition coefficient (Wildman–Crippen LogP) is 4.15. The number of methoxy groups -OCH3 is 1. The number of hydrogen-bond donors (Lipinski definition) is 2. The maximum atomic E-state index is 13.1. The summed E-state index contributed by atoms with van der Waals surface area (Å²) in [5, 5.41) is 9.81. The van der Waals surface area contributed by atoms with E-state index in [1.165, 1.54) is 24.3 Å². The van der Waals surface area contributed by atoms with Crippen LogP contribution in [0.1, 0.15) is 18.4 Å². The van der Waals surface area contributed by atoms with Gasteiger partial charge in [0, 0.05) is 6.54 Å². The largest absolute Gasteiger partial charge is 0.497 e. The number of sulfonamides is 1. The van der Waals surface area contributed by atoms with Crippen molar-refractivity contribution in [1.29, 1.82) is 0 Å². The molecule has 2 N–H and O–H groups in total. The van der Waals surface area contributed by atoms with Gasteiger partial charge in [-0.3, -0.25) is 9.69 Å². The third kappa shape index (κ3) is 6.29. The molecule has 0 amide bonds. The van der Waals surface area contributed by atoms with Gasteiger partial charge in [-0.2, -0.15) is 4.72 Å². The number of hydrogen-bond acceptors (Lipinski definition) is 5. The molecular weight excluding hydrogens is 483 g/mol. The first-order valence-electron chi connectivity index (χ1n) is 11.7. The highest BCUT2D eigenvalue weighted by molar-refractivity contribution is 7.89. The summed E-state index contributed by atoms with van der Waals surface area (Å²) in [4.78, 5) is 14.2. The molecule has 36 heavy (non-hydrogen) atoms. The molecule has 1 unspecified atom stereocenters. The highest BCUT2D eigenvalue weighted by Crippen LogP contribution is 2.26. The van der Waals surface area contributed by atoms with Gasteiger partial charge in [-0.1, -0.05) is 36.4 Å². The lowest BCUT2D eigenvalue weighted by Crippen LogP contribution is -2.49. The normalized spacial score (nSPS) is 15.9. The number of nitrogens with zero attached hydrogens (tertiary/aromatic N) is 1. The molecule has 0 aliphatic carbocycles. The molecule has 1 saturated heterocycles. The topological polar surface area (TPSA) is 95.9 Å². The first-order valence-corrected chi connectivity index (χ1v) is 13.2. The zero-order valence-corrected chi connectivity index (χ0v) is 20.7. The average molecular weight is 513 g/mol. The Morgan fingerprint density at radius 2 is 1.56 bits per heavy atom. The Labute approximate surface area is 210 Å². The van der Waals surface area contributed by atoms with Crippen molar-refractivity contribution in [2.75, 3.05) is 20.2 Å². The fourth-order valence-corrected chi connectivity index (χ4v) is 5.74. The van der Waals surface area contributed by atoms with Gasteiger partial charge in [-0.15, -0.1) is 0 Å². The van der Waals surface area contributed by atoms with Crippen LogP contribution in [0, 0.1) is 11.7 Å². The van der Waals surface area contributed by atoms with E-state index in [1.807, 2.05) is 24.3 Å². The fraction of sp³-hybridized carbons (Fsp3) is 0.296. The van der Waals surface area contributed by atoms with Crippen LogP contribution >= 0.6 is 0 Å². The van der Waals surface area contributed by atoms with Crippen molar-refractivity contribution in [2.24, 2.45) is 5.92 Å². The van der Waals surface area contributed by atoms with Crippen molar-refractivity contribution in [3.8, 4) is 16.9 Å². The van der Waals surface area contributed by atoms with E-state index in [0.29, 0.717) is 32.5 Å². The quantitative estimate of drug-likeness (QED) is 0.447. The number of ether oxygens (including phenoxy) is 1. The number of nitrogens with one attached hydrogen (secondary N) is 1. The third-order valence-corrected chi connectivity index (χ3v) is 8.02. The molecule has 0 aromatic heterocycles. The lowest BCUT2D eigenvalue weighted by molar-refractivity contribution is -0.140. The third-order valence-electron chi connectivity index (χ3n) is 6.56. The Hall–Kier alpha value is -3.27. The van der Waals surface area contributed by atoms with Crippen LogP contribution < -0.4 is 9.46 Å². The van der Waals surface area contributed by atoms with E-state index in [9.17, 15) is 22.7 Å². The molecule has 3 aromatic carbocycles. The van der Waals surface area contributed by atoms with E-state index in [-0.39, 0.29) is 16.6 Å². The SMILES string of the molecule is COc1ccc(-c2ccc(S(=O)(=O)NC(C(=O)O)C3CCN(Cc4ccc(F)cc4)CC3)cc2)cc1. The van der Waals surface area contributed by atoms with Crippen molar-refractivity contribution in [1.82, 2.24) is 9.62 Å². The second-order valence-corrected chi connectivity index (χ2v) is 10.6. The Kier molecular flexibility index (Phi) is 8.03. The van der Waals surface area contributed by atoms with Gasteiger partial charge in [0.1, 0.15) is 17.6 Å². The molecule has 4 rings (SSSR count). The number of carbonyl (C=O) groups is 1. The molecule has 190 valence electrons. The number of carboxylic acid groups (broad SMARTS) is 1. The smallest absolute Gasteiger partial charge is 0.322 e. The van der Waals surface area contributed by atoms with Gasteiger partial charge < -0.3 is 9.84 Å². The van der Waals surface area contributed by atoms with Crippen molar-refractivity contribution < 1.29 is 27.4 Å². The number of likely N-dealkylation sites (tertiary alicyclic amines) is 1. The number of aliphatic carboxylic acids is 1. The highest BCUT2D eigenvalue weighted by Gasteiger charge is 2.35. The predicted molar refractivity (Wildman–Crippen MR) is 135 cm³/mol. The van der Waals surface area contributed by atoms with Gasteiger partial charge in [-0.05, 0) is 84.9 Å². The van der Waals surface area contributed by atoms with Gasteiger partial charge in [0.2, 0.25) is 10.0 Å². The Bertz CT molecular complexity index is 1270. The summed E-state index contributed by atoms with van der Waals surface area (Å²) in [7, 11) is -2.44. The summed E-state index contributed by atoms with van der Waals surface area (Å²) < 4.78 is 46.8. The van der Waals surface area contributed by atoms with Crippen LogP contribution in [-0.4, -0.2) is 50.6 Å². The number of benzene rings is 3. The summed E-state index contributed by atoms with van der Waals surface area (Å²) >= 11 is 0. The molecule has 9 heteroatoms. The first-order chi connectivity index (χ1) is 17.2. The zero-order valence-electron chi connectivity index (χ0n) is 19.9. The Morgan fingerprint density at radius 1 is 1.00 bits per heavy atom. The number of halogens is 1. The zero-order chi connectivity index (χ0) is 25.7. The van der Waals surface area contributed by atoms with E-state index < -0.39 is 22.0 Å². The van der Waals surface area contributed by atoms with Crippen molar-refractivity contribution in [3.05, 3.63) is 84.2 Å². The molecule has 0 radical (unpaired) electrons. The Balaban J connectivity index is 1.39. The van der Waals surface area contributed by atoms with E-state index in [1.54, 1.807) is 31.4 Å². The number of carboxylic acids is 1. The molecule has 0 spiro atoms. The number of rotatable bonds is 9. The molecule has 0 bridgehead atoms. The van der Waals surface area contributed by atoms with E-state index in [2.05, 4.69) is 9.62 Å². The molecule has 1 aliphatic rings. The molecular formula is C27H29FN2O5S. The van der Waals surface area contributed by atoms with Gasteiger partial charge in [0.05, 0.1) is 12.0 Å². The lowest BCUT2D eigenvalue weighted by atomic mass is 9.90. The fourth-order valence-electron chi connectivity index (χ4n) is 4.49. The summed E-state index contributed by atoms with van der Waals surface area (Å²) in [5.41, 5.74) is 2.71. The first kappa shape index (κ1) is 25.8. The van der Waals surface area contributed by atoms with Crippen LogP contribution in [0.25, 0.3) is 11.1 Å². The second-order valence-electron chi connectivity index (χ2n) is 8.93. The minimum absolute atomic E-state index is 0.0137. The minimum Gasteiger partial charge on any atom is -0.497 e. The standard InChI is InChI=1S/C27H29FN2O5S/c1-35-24-10-4-20(5-11-24)21-6-12-25(13-7-21)36(33,34)29-26(27(31)32)22-14-16-30(17-15-22)18-19-2-8-23(28)9-3-19/h2-13,22,26,29H,14-18H2,1H3,(H,31,32). The van der Waals surface area contributed by atoms with E-state index >= 15 is 0 Å². The maximum absolute atomic E-state index is 13.1. The lowest BCUT2D eigenvalue weighted by Gasteiger charge is -2.34. The average Bonchev–Trinajstić information content (AvgIpc) is 2.89. The van der Waals surface area contributed by atoms with Gasteiger partial charge in [0.15, 0.2) is 0 Å². The molecule has 7 nitrogen and oxygen atoms in total. The van der Waals surface area contributed by atoms with Crippen molar-refractivity contribution in [2.45, 2.75) is 30.3 Å². The molecule has 1 atom stereocenters. The maximum Gasteiger partial charge on any atom is 0.322 e. The van der Waals surface area contributed by atoms with Crippen LogP contribution in [0.2, 0.25) is 0 Å². The Morgan fingerprint density at radius 3 is 2.08 bits per heavy atom. The summed E-state index contributed by atoms with van der Waals surface area (Å²) in [6.07, 6.45) is 1.08. The van der Waals surface area contributed by atoms with Gasteiger partial charge in [-0.25, -0.2) is 12.8 Å². The summed E-state index contributed by atoms with van der Waals surface area (Å²) in [6.45, 7) is 1.89. The van der Waals surface area contributed by atoms with Crippen LogP contribution in [0.4, 0.5) is 4.39 Å². The molecule has 1 aliphatic heterocycles. The van der Waals surface area contributed by atoms with Crippen LogP contribution in [0.15, 0.2) is 77.7 Å². The van der Waals surface area contributed by atoms with Crippen LogP contribution in [0.5, 0.6) is 5.75 Å². The second kappa shape index (κ2) is 11.2. The van der Waals surface area contributed by atoms with Crippen LogP contribution in [0.3, 0.4) is 0 Å². The molecule has 0 saturated carbocycles.